The van der Waals surface area contributed by atoms with Crippen LogP contribution in [-0.4, -0.2) is 18.3 Å². The van der Waals surface area contributed by atoms with E-state index >= 15 is 0 Å². The van der Waals surface area contributed by atoms with Gasteiger partial charge >= 0.3 is 0 Å². The van der Waals surface area contributed by atoms with Crippen molar-refractivity contribution in [2.75, 3.05) is 13.7 Å². The van der Waals surface area contributed by atoms with Crippen molar-refractivity contribution in [1.29, 1.82) is 5.26 Å². The van der Waals surface area contributed by atoms with Crippen molar-refractivity contribution in [3.63, 3.8) is 0 Å². The fourth-order valence-electron chi connectivity index (χ4n) is 1.87. The summed E-state index contributed by atoms with van der Waals surface area (Å²) in [6.07, 6.45) is 0. The molecule has 0 fully saturated rings. The smallest absolute Gasteiger partial charge is 0.128 e. The molecule has 0 saturated carbocycles. The molecule has 0 atom stereocenters. The van der Waals surface area contributed by atoms with Crippen LogP contribution in [0.5, 0.6) is 0 Å². The molecule has 1 aromatic carbocycles. The Morgan fingerprint density at radius 2 is 2.06 bits per heavy atom. The summed E-state index contributed by atoms with van der Waals surface area (Å²) in [5, 5.41) is 11.1. The molecule has 6 heteroatoms. The van der Waals surface area contributed by atoms with Crippen molar-refractivity contribution in [3.8, 4) is 6.07 Å². The van der Waals surface area contributed by atoms with Crippen molar-refractivity contribution in [3.05, 3.63) is 32.9 Å². The number of aromatic nitrogens is 1. The summed E-state index contributed by atoms with van der Waals surface area (Å²) in [5.74, 6) is 0. The second-order valence-electron chi connectivity index (χ2n) is 3.70. The van der Waals surface area contributed by atoms with Crippen LogP contribution in [0.25, 0.3) is 10.9 Å². The van der Waals surface area contributed by atoms with E-state index in [-0.39, 0.29) is 0 Å². The topological polar surface area (TPSA) is 38.0 Å². The maximum atomic E-state index is 9.18. The molecule has 0 saturated heterocycles. The Hall–Kier alpha value is -0.920. The molecule has 0 aliphatic heterocycles. The summed E-state index contributed by atoms with van der Waals surface area (Å²) in [4.78, 5) is 0. The summed E-state index contributed by atoms with van der Waals surface area (Å²) in [6.45, 7) is 1.02. The number of nitrogens with zero attached hydrogens (tertiary/aromatic N) is 2. The normalized spacial score (nSPS) is 10.8. The van der Waals surface area contributed by atoms with E-state index in [9.17, 15) is 5.26 Å². The highest BCUT2D eigenvalue weighted by Gasteiger charge is 2.18. The number of benzene rings is 1. The van der Waals surface area contributed by atoms with Crippen molar-refractivity contribution < 1.29 is 4.74 Å². The van der Waals surface area contributed by atoms with E-state index in [0.29, 0.717) is 39.3 Å². The summed E-state index contributed by atoms with van der Waals surface area (Å²) < 4.78 is 6.80. The monoisotopic (exact) mass is 302 g/mol. The first-order valence-electron chi connectivity index (χ1n) is 5.16. The lowest BCUT2D eigenvalue weighted by molar-refractivity contribution is 0.188. The molecule has 2 rings (SSSR count). The number of nitriles is 1. The van der Waals surface area contributed by atoms with Gasteiger partial charge in [-0.3, -0.25) is 0 Å². The van der Waals surface area contributed by atoms with Gasteiger partial charge in [-0.05, 0) is 12.1 Å². The maximum absolute atomic E-state index is 9.18. The number of fused-ring (bicyclic) bond motifs is 1. The molecule has 0 aliphatic rings. The number of hydrogen-bond donors (Lipinski definition) is 0. The number of rotatable bonds is 3. The number of ether oxygens (including phenoxy) is 1. The summed E-state index contributed by atoms with van der Waals surface area (Å²) in [5.41, 5.74) is 1.11. The van der Waals surface area contributed by atoms with E-state index in [1.165, 1.54) is 0 Å². The highest BCUT2D eigenvalue weighted by molar-refractivity contribution is 6.40. The third kappa shape index (κ3) is 2.17. The van der Waals surface area contributed by atoms with Gasteiger partial charge in [0.1, 0.15) is 11.2 Å². The second kappa shape index (κ2) is 5.38. The Bertz CT molecular complexity index is 643. The first kappa shape index (κ1) is 13.5. The minimum Gasteiger partial charge on any atom is -0.383 e. The van der Waals surface area contributed by atoms with E-state index in [2.05, 4.69) is 6.07 Å². The molecule has 0 aliphatic carbocycles. The van der Waals surface area contributed by atoms with Gasteiger partial charge in [0.25, 0.3) is 0 Å². The molecule has 0 N–H and O–H groups in total. The minimum absolute atomic E-state index is 0.355. The van der Waals surface area contributed by atoms with Crippen LogP contribution in [0.15, 0.2) is 12.1 Å². The van der Waals surface area contributed by atoms with Crippen LogP contribution in [0.1, 0.15) is 5.56 Å². The molecule has 2 aromatic rings. The van der Waals surface area contributed by atoms with Crippen LogP contribution in [0.3, 0.4) is 0 Å². The van der Waals surface area contributed by atoms with Crippen molar-refractivity contribution in [1.82, 2.24) is 4.57 Å². The first-order chi connectivity index (χ1) is 8.60. The van der Waals surface area contributed by atoms with Gasteiger partial charge in [-0.15, -0.1) is 0 Å². The van der Waals surface area contributed by atoms with E-state index in [4.69, 9.17) is 39.5 Å². The zero-order chi connectivity index (χ0) is 13.3. The third-order valence-corrected chi connectivity index (χ3v) is 3.56. The van der Waals surface area contributed by atoms with Crippen LogP contribution in [0, 0.1) is 11.3 Å². The molecule has 0 radical (unpaired) electrons. The van der Waals surface area contributed by atoms with Crippen LogP contribution in [-0.2, 0) is 11.3 Å². The SMILES string of the molecule is COCCn1c(Cl)c(C#N)c2c(Cl)cc(Cl)cc21. The van der Waals surface area contributed by atoms with Gasteiger partial charge in [-0.2, -0.15) is 5.26 Å². The highest BCUT2D eigenvalue weighted by atomic mass is 35.5. The maximum Gasteiger partial charge on any atom is 0.128 e. The average Bonchev–Trinajstić information content (AvgIpc) is 2.59. The molecule has 1 aromatic heterocycles. The first-order valence-corrected chi connectivity index (χ1v) is 6.29. The lowest BCUT2D eigenvalue weighted by atomic mass is 10.2. The van der Waals surface area contributed by atoms with Crippen molar-refractivity contribution in [2.24, 2.45) is 0 Å². The van der Waals surface area contributed by atoms with Gasteiger partial charge in [0, 0.05) is 24.1 Å². The Balaban J connectivity index is 2.77. The second-order valence-corrected chi connectivity index (χ2v) is 4.91. The zero-order valence-electron chi connectivity index (χ0n) is 9.51. The fraction of sp³-hybridized carbons (Fsp3) is 0.250. The van der Waals surface area contributed by atoms with Gasteiger partial charge < -0.3 is 9.30 Å². The third-order valence-electron chi connectivity index (χ3n) is 2.65. The number of halogens is 3. The lowest BCUT2D eigenvalue weighted by Crippen LogP contribution is -2.03. The Labute approximate surface area is 119 Å². The molecular weight excluding hydrogens is 295 g/mol. The van der Waals surface area contributed by atoms with Gasteiger partial charge in [0.05, 0.1) is 22.7 Å². The molecular formula is C12H9Cl3N2O. The zero-order valence-corrected chi connectivity index (χ0v) is 11.8. The van der Waals surface area contributed by atoms with Gasteiger partial charge in [-0.25, -0.2) is 0 Å². The predicted octanol–water partition coefficient (Wildman–Crippen LogP) is 4.12. The highest BCUT2D eigenvalue weighted by Crippen LogP contribution is 2.36. The van der Waals surface area contributed by atoms with E-state index in [1.807, 2.05) is 0 Å². The molecule has 3 nitrogen and oxygen atoms in total. The lowest BCUT2D eigenvalue weighted by Gasteiger charge is -2.06. The molecule has 0 unspecified atom stereocenters. The molecule has 1 heterocycles. The number of methoxy groups -OCH3 is 1. The van der Waals surface area contributed by atoms with Crippen LogP contribution in [0.4, 0.5) is 0 Å². The van der Waals surface area contributed by atoms with Gasteiger partial charge in [0.15, 0.2) is 0 Å². The van der Waals surface area contributed by atoms with Crippen LogP contribution >= 0.6 is 34.8 Å². The molecule has 94 valence electrons. The summed E-state index contributed by atoms with van der Waals surface area (Å²) >= 11 is 18.3. The van der Waals surface area contributed by atoms with E-state index < -0.39 is 0 Å². The van der Waals surface area contributed by atoms with E-state index in [0.717, 1.165) is 5.52 Å². The standard InChI is InChI=1S/C12H9Cl3N2O/c1-18-3-2-17-10-5-7(13)4-9(14)11(10)8(6-16)12(17)15/h4-5H,2-3H2,1H3. The largest absolute Gasteiger partial charge is 0.383 e. The van der Waals surface area contributed by atoms with Crippen molar-refractivity contribution >= 4 is 45.7 Å². The molecule has 18 heavy (non-hydrogen) atoms. The van der Waals surface area contributed by atoms with Crippen molar-refractivity contribution in [2.45, 2.75) is 6.54 Å². The Morgan fingerprint density at radius 1 is 1.33 bits per heavy atom. The van der Waals surface area contributed by atoms with Crippen LogP contribution in [0.2, 0.25) is 15.2 Å². The van der Waals surface area contributed by atoms with Crippen LogP contribution < -0.4 is 0 Å². The van der Waals surface area contributed by atoms with E-state index in [1.54, 1.807) is 23.8 Å². The average molecular weight is 304 g/mol. The predicted molar refractivity (Wildman–Crippen MR) is 73.6 cm³/mol. The summed E-state index contributed by atoms with van der Waals surface area (Å²) in [7, 11) is 1.60. The Kier molecular flexibility index (Phi) is 4.04. The number of hydrogen-bond acceptors (Lipinski definition) is 2. The molecule has 0 spiro atoms. The molecule has 0 bridgehead atoms. The van der Waals surface area contributed by atoms with Gasteiger partial charge in [-0.1, -0.05) is 34.8 Å². The Morgan fingerprint density at radius 3 is 2.67 bits per heavy atom. The quantitative estimate of drug-likeness (QED) is 0.855. The van der Waals surface area contributed by atoms with Gasteiger partial charge in [0.2, 0.25) is 0 Å². The molecule has 0 amide bonds. The summed E-state index contributed by atoms with van der Waals surface area (Å²) in [6, 6.07) is 5.42. The minimum atomic E-state index is 0.355. The fourth-order valence-corrected chi connectivity index (χ4v) is 2.76.